The summed E-state index contributed by atoms with van der Waals surface area (Å²) < 4.78 is 13.6. The van der Waals surface area contributed by atoms with E-state index in [9.17, 15) is 9.18 Å². The fraction of sp³-hybridized carbons (Fsp3) is 0.364. The van der Waals surface area contributed by atoms with Crippen molar-refractivity contribution in [3.05, 3.63) is 35.1 Å². The van der Waals surface area contributed by atoms with E-state index in [1.807, 2.05) is 0 Å². The zero-order valence-electron chi connectivity index (χ0n) is 8.47. The van der Waals surface area contributed by atoms with Crippen molar-refractivity contribution in [2.45, 2.75) is 26.3 Å². The Morgan fingerprint density at radius 2 is 2.07 bits per heavy atom. The molecule has 0 aliphatic carbocycles. The Hall–Kier alpha value is -1.47. The first-order valence-corrected chi connectivity index (χ1v) is 4.33. The summed E-state index contributed by atoms with van der Waals surface area (Å²) in [6.07, 6.45) is 1.46. The molecule has 1 aromatic carbocycles. The maximum absolute atomic E-state index is 13.6. The molecule has 2 nitrogen and oxygen atoms in total. The number of hydrogen-bond acceptors (Lipinski definition) is 2. The summed E-state index contributed by atoms with van der Waals surface area (Å²) >= 11 is 0. The van der Waals surface area contributed by atoms with Gasteiger partial charge in [-0.3, -0.25) is 0 Å². The van der Waals surface area contributed by atoms with E-state index in [2.05, 4.69) is 4.99 Å². The lowest BCUT2D eigenvalue weighted by atomic mass is 9.93. The highest BCUT2D eigenvalue weighted by Gasteiger charge is 2.23. The van der Waals surface area contributed by atoms with Crippen LogP contribution >= 0.6 is 0 Å². The van der Waals surface area contributed by atoms with Crippen LogP contribution in [0.1, 0.15) is 25.0 Å². The van der Waals surface area contributed by atoms with E-state index in [1.165, 1.54) is 6.08 Å². The Kier molecular flexibility index (Phi) is 2.82. The molecule has 0 radical (unpaired) electrons. The van der Waals surface area contributed by atoms with Crippen LogP contribution in [0.2, 0.25) is 0 Å². The van der Waals surface area contributed by atoms with Gasteiger partial charge in [-0.25, -0.2) is 9.18 Å². The molecule has 1 aromatic rings. The van der Waals surface area contributed by atoms with Crippen molar-refractivity contribution in [1.82, 2.24) is 0 Å². The highest BCUT2D eigenvalue weighted by molar-refractivity contribution is 5.38. The summed E-state index contributed by atoms with van der Waals surface area (Å²) in [4.78, 5) is 13.8. The van der Waals surface area contributed by atoms with Crippen molar-refractivity contribution in [1.29, 1.82) is 0 Å². The molecule has 74 valence electrons. The number of isocyanates is 1. The molecule has 0 unspecified atom stereocenters. The molecule has 0 aromatic heterocycles. The lowest BCUT2D eigenvalue weighted by Gasteiger charge is -2.19. The van der Waals surface area contributed by atoms with Crippen LogP contribution < -0.4 is 0 Å². The standard InChI is InChI=1S/C11H12FNO/c1-8-5-4-6-9(10(8)12)11(2,3)13-7-14/h4-6H,1-3H3. The van der Waals surface area contributed by atoms with Crippen LogP contribution in [0.25, 0.3) is 0 Å². The van der Waals surface area contributed by atoms with Crippen LogP contribution in [0.5, 0.6) is 0 Å². The first-order valence-electron chi connectivity index (χ1n) is 4.33. The molecule has 0 heterocycles. The molecule has 1 rings (SSSR count). The number of hydrogen-bond donors (Lipinski definition) is 0. The first kappa shape index (κ1) is 10.6. The quantitative estimate of drug-likeness (QED) is 0.524. The molecule has 3 heteroatoms. The summed E-state index contributed by atoms with van der Waals surface area (Å²) in [5.74, 6) is -0.309. The van der Waals surface area contributed by atoms with Gasteiger partial charge in [0.1, 0.15) is 5.82 Å². The van der Waals surface area contributed by atoms with Crippen LogP contribution in [0.3, 0.4) is 0 Å². The fourth-order valence-electron chi connectivity index (χ4n) is 1.29. The van der Waals surface area contributed by atoms with Crippen molar-refractivity contribution in [3.63, 3.8) is 0 Å². The van der Waals surface area contributed by atoms with Crippen LogP contribution in [0, 0.1) is 12.7 Å². The molecule has 0 N–H and O–H groups in total. The summed E-state index contributed by atoms with van der Waals surface area (Å²) in [6, 6.07) is 5.05. The van der Waals surface area contributed by atoms with Gasteiger partial charge in [0.05, 0.1) is 5.54 Å². The molecule has 0 spiro atoms. The Labute approximate surface area is 82.5 Å². The van der Waals surface area contributed by atoms with Gasteiger partial charge < -0.3 is 0 Å². The molecule has 0 atom stereocenters. The molecule has 0 aliphatic heterocycles. The Bertz CT molecular complexity index is 392. The molecule has 0 saturated carbocycles. The molecular weight excluding hydrogens is 181 g/mol. The number of aliphatic imine (C=N–C) groups is 1. The van der Waals surface area contributed by atoms with Crippen molar-refractivity contribution >= 4 is 6.08 Å². The third-order valence-electron chi connectivity index (χ3n) is 2.18. The second-order valence-electron chi connectivity index (χ2n) is 3.70. The van der Waals surface area contributed by atoms with Gasteiger partial charge in [-0.15, -0.1) is 0 Å². The molecular formula is C11H12FNO. The van der Waals surface area contributed by atoms with E-state index >= 15 is 0 Å². The zero-order valence-corrected chi connectivity index (χ0v) is 8.47. The van der Waals surface area contributed by atoms with Crippen molar-refractivity contribution in [2.24, 2.45) is 4.99 Å². The van der Waals surface area contributed by atoms with E-state index in [-0.39, 0.29) is 5.82 Å². The highest BCUT2D eigenvalue weighted by Crippen LogP contribution is 2.27. The van der Waals surface area contributed by atoms with E-state index in [4.69, 9.17) is 0 Å². The first-order chi connectivity index (χ1) is 6.49. The third kappa shape index (κ3) is 1.88. The van der Waals surface area contributed by atoms with Gasteiger partial charge in [0.25, 0.3) is 0 Å². The summed E-state index contributed by atoms with van der Waals surface area (Å²) in [6.45, 7) is 5.03. The normalized spacial score (nSPS) is 10.9. The van der Waals surface area contributed by atoms with Crippen LogP contribution in [-0.2, 0) is 10.3 Å². The monoisotopic (exact) mass is 193 g/mol. The molecule has 0 amide bonds. The lowest BCUT2D eigenvalue weighted by molar-refractivity contribution is 0.489. The Morgan fingerprint density at radius 3 is 2.64 bits per heavy atom. The molecule has 0 saturated heterocycles. The highest BCUT2D eigenvalue weighted by atomic mass is 19.1. The Morgan fingerprint density at radius 1 is 1.43 bits per heavy atom. The minimum atomic E-state index is -0.849. The van der Waals surface area contributed by atoms with Crippen molar-refractivity contribution < 1.29 is 9.18 Å². The summed E-state index contributed by atoms with van der Waals surface area (Å²) in [5.41, 5.74) is 0.121. The van der Waals surface area contributed by atoms with Gasteiger partial charge in [-0.2, -0.15) is 4.99 Å². The van der Waals surface area contributed by atoms with Crippen LogP contribution in [0.15, 0.2) is 23.2 Å². The van der Waals surface area contributed by atoms with Gasteiger partial charge >= 0.3 is 0 Å². The van der Waals surface area contributed by atoms with Crippen LogP contribution in [0.4, 0.5) is 4.39 Å². The number of halogens is 1. The molecule has 14 heavy (non-hydrogen) atoms. The third-order valence-corrected chi connectivity index (χ3v) is 2.18. The van der Waals surface area contributed by atoms with E-state index in [1.54, 1.807) is 39.0 Å². The number of aryl methyl sites for hydroxylation is 1. The van der Waals surface area contributed by atoms with Gasteiger partial charge in [0.2, 0.25) is 6.08 Å². The maximum Gasteiger partial charge on any atom is 0.235 e. The minimum absolute atomic E-state index is 0.309. The van der Waals surface area contributed by atoms with Gasteiger partial charge in [-0.05, 0) is 26.3 Å². The summed E-state index contributed by atoms with van der Waals surface area (Å²) in [7, 11) is 0. The smallest absolute Gasteiger partial charge is 0.211 e. The molecule has 0 aliphatic rings. The van der Waals surface area contributed by atoms with E-state index in [0.717, 1.165) is 0 Å². The Balaban J connectivity index is 3.32. The number of nitrogens with zero attached hydrogens (tertiary/aromatic N) is 1. The molecule has 0 fully saturated rings. The zero-order chi connectivity index (χ0) is 10.8. The number of benzene rings is 1. The van der Waals surface area contributed by atoms with Crippen LogP contribution in [-0.4, -0.2) is 6.08 Å². The number of carbonyl (C=O) groups excluding carboxylic acids is 1. The minimum Gasteiger partial charge on any atom is -0.211 e. The van der Waals surface area contributed by atoms with Crippen molar-refractivity contribution in [2.75, 3.05) is 0 Å². The summed E-state index contributed by atoms with van der Waals surface area (Å²) in [5, 5.41) is 0. The average molecular weight is 193 g/mol. The van der Waals surface area contributed by atoms with Gasteiger partial charge in [0, 0.05) is 5.56 Å². The fourth-order valence-corrected chi connectivity index (χ4v) is 1.29. The average Bonchev–Trinajstić information content (AvgIpc) is 2.09. The topological polar surface area (TPSA) is 29.4 Å². The van der Waals surface area contributed by atoms with E-state index in [0.29, 0.717) is 11.1 Å². The largest absolute Gasteiger partial charge is 0.235 e. The van der Waals surface area contributed by atoms with Crippen molar-refractivity contribution in [3.8, 4) is 0 Å². The molecule has 0 bridgehead atoms. The lowest BCUT2D eigenvalue weighted by Crippen LogP contribution is -2.16. The number of rotatable bonds is 2. The second-order valence-corrected chi connectivity index (χ2v) is 3.70. The van der Waals surface area contributed by atoms with Gasteiger partial charge in [-0.1, -0.05) is 18.2 Å². The van der Waals surface area contributed by atoms with E-state index < -0.39 is 5.54 Å². The predicted octanol–water partition coefficient (Wildman–Crippen LogP) is 2.71. The maximum atomic E-state index is 13.6. The second kappa shape index (κ2) is 3.72. The SMILES string of the molecule is Cc1cccc(C(C)(C)N=C=O)c1F. The predicted molar refractivity (Wildman–Crippen MR) is 52.3 cm³/mol. The van der Waals surface area contributed by atoms with Gasteiger partial charge in [0.15, 0.2) is 0 Å².